The molecule has 0 fully saturated rings. The average molecular weight is 1240 g/mol. The molecule has 10 aromatic carbocycles. The third-order valence-corrected chi connectivity index (χ3v) is 18.4. The maximum Gasteiger partial charge on any atom is 0.123 e. The molecule has 10 rings (SSSR count). The fourth-order valence-corrected chi connectivity index (χ4v) is 12.7. The van der Waals surface area contributed by atoms with Crippen LogP contribution in [0.4, 0.5) is 34.1 Å². The summed E-state index contributed by atoms with van der Waals surface area (Å²) < 4.78 is 0. The van der Waals surface area contributed by atoms with Crippen LogP contribution in [0.25, 0.3) is 0 Å². The molecular formula is C87H100N2O4. The zero-order valence-corrected chi connectivity index (χ0v) is 58.9. The highest BCUT2D eigenvalue weighted by Crippen LogP contribution is 2.43. The number of aryl methyl sites for hydroxylation is 8. The normalized spacial score (nSPS) is 11.8. The quantitative estimate of drug-likeness (QED) is 0.0818. The molecule has 482 valence electrons. The van der Waals surface area contributed by atoms with Crippen LogP contribution in [0.15, 0.2) is 182 Å². The van der Waals surface area contributed by atoms with E-state index in [1.54, 1.807) is 0 Å². The van der Waals surface area contributed by atoms with Gasteiger partial charge in [0.15, 0.2) is 0 Å². The van der Waals surface area contributed by atoms with E-state index in [2.05, 4.69) is 296 Å². The summed E-state index contributed by atoms with van der Waals surface area (Å²) >= 11 is 0. The zero-order chi connectivity index (χ0) is 67.6. The van der Waals surface area contributed by atoms with Crippen LogP contribution in [0, 0.1) is 55.4 Å². The number of hydrogen-bond donors (Lipinski definition) is 4. The van der Waals surface area contributed by atoms with E-state index in [9.17, 15) is 20.4 Å². The molecule has 0 saturated carbocycles. The number of phenolic OH excluding ortho intramolecular Hbond substituents is 4. The highest BCUT2D eigenvalue weighted by molar-refractivity contribution is 5.79. The molecule has 6 heteroatoms. The molecular weight excluding hydrogens is 1140 g/mol. The minimum absolute atomic E-state index is 0.148. The molecule has 4 N–H and O–H groups in total. The van der Waals surface area contributed by atoms with Gasteiger partial charge in [0.2, 0.25) is 0 Å². The molecule has 0 unspecified atom stereocenters. The predicted molar refractivity (Wildman–Crippen MR) is 394 cm³/mol. The van der Waals surface area contributed by atoms with Gasteiger partial charge in [-0.15, -0.1) is 0 Å². The summed E-state index contributed by atoms with van der Waals surface area (Å²) in [6.07, 6.45) is 3.22. The summed E-state index contributed by atoms with van der Waals surface area (Å²) in [5, 5.41) is 42.7. The first-order valence-electron chi connectivity index (χ1n) is 33.1. The molecule has 0 atom stereocenters. The Hall–Kier alpha value is -9.00. The van der Waals surface area contributed by atoms with Crippen LogP contribution in [0.1, 0.15) is 193 Å². The standard InChI is InChI=1S/C49H61NO2.C38H39NO2/c1-31(2)41-27-36(28-42(45(41)51)47(5,6)7)25-34-15-20-38(21-16-34)50(40-19-14-32(3)33(4)24-40)39-22-17-35(18-23-39)26-37-29-43(48(8,9)10)46(52)44(30-37)49(11,12)13;1-24-7-12-36(21-25(24)2)39(34-13-8-30(9-14-34)22-32-17-26(3)37(40)27(4)18-32)35-15-10-31(11-16-35)23-33-19-28(5)38(41)29(6)20-33/h14-24,27-31,51-52H,25-26H2,1-13H3;7-21,40-41H,22-23H2,1-6H3. The van der Waals surface area contributed by atoms with Gasteiger partial charge in [-0.05, 0) is 287 Å². The number of nitrogens with zero attached hydrogens (tertiary/aromatic N) is 2. The van der Waals surface area contributed by atoms with Gasteiger partial charge >= 0.3 is 0 Å². The number of anilines is 6. The Bertz CT molecular complexity index is 4100. The van der Waals surface area contributed by atoms with Crippen molar-refractivity contribution in [1.82, 2.24) is 0 Å². The first-order valence-corrected chi connectivity index (χ1v) is 33.1. The maximum absolute atomic E-state index is 11.3. The molecule has 93 heavy (non-hydrogen) atoms. The molecule has 0 heterocycles. The summed E-state index contributed by atoms with van der Waals surface area (Å²) in [6, 6.07) is 65.8. The van der Waals surface area contributed by atoms with Gasteiger partial charge in [0.25, 0.3) is 0 Å². The van der Waals surface area contributed by atoms with Crippen molar-refractivity contribution in [1.29, 1.82) is 0 Å². The Balaban J connectivity index is 0.000000225. The number of hydrogen-bond acceptors (Lipinski definition) is 6. The van der Waals surface area contributed by atoms with Gasteiger partial charge in [-0.2, -0.15) is 0 Å². The van der Waals surface area contributed by atoms with E-state index in [1.165, 1.54) is 66.8 Å². The van der Waals surface area contributed by atoms with Crippen LogP contribution in [0.5, 0.6) is 23.0 Å². The van der Waals surface area contributed by atoms with Gasteiger partial charge in [0.05, 0.1) is 0 Å². The lowest BCUT2D eigenvalue weighted by Crippen LogP contribution is -2.18. The smallest absolute Gasteiger partial charge is 0.123 e. The minimum Gasteiger partial charge on any atom is -0.507 e. The largest absolute Gasteiger partial charge is 0.507 e. The summed E-state index contributed by atoms with van der Waals surface area (Å²) in [5.41, 5.74) is 28.7. The number of phenols is 4. The van der Waals surface area contributed by atoms with Crippen LogP contribution >= 0.6 is 0 Å². The highest BCUT2D eigenvalue weighted by atomic mass is 16.3. The van der Waals surface area contributed by atoms with Crippen LogP contribution < -0.4 is 9.80 Å². The van der Waals surface area contributed by atoms with E-state index in [4.69, 9.17) is 0 Å². The molecule has 0 aliphatic rings. The molecule has 0 radical (unpaired) electrons. The summed E-state index contributed by atoms with van der Waals surface area (Å²) in [6.45, 7) is 40.2. The molecule has 0 aliphatic carbocycles. The fourth-order valence-electron chi connectivity index (χ4n) is 12.7. The molecule has 0 bridgehead atoms. The van der Waals surface area contributed by atoms with Crippen LogP contribution in [0.3, 0.4) is 0 Å². The average Bonchev–Trinajstić information content (AvgIpc) is 0.908. The molecule has 0 aliphatic heterocycles. The highest BCUT2D eigenvalue weighted by Gasteiger charge is 2.28. The number of rotatable bonds is 15. The second kappa shape index (κ2) is 27.7. The van der Waals surface area contributed by atoms with E-state index >= 15 is 0 Å². The predicted octanol–water partition coefficient (Wildman–Crippen LogP) is 23.0. The van der Waals surface area contributed by atoms with Crippen molar-refractivity contribution in [3.05, 3.63) is 293 Å². The van der Waals surface area contributed by atoms with Crippen molar-refractivity contribution < 1.29 is 20.4 Å². The molecule has 10 aromatic rings. The van der Waals surface area contributed by atoms with Crippen LogP contribution in [-0.4, -0.2) is 20.4 Å². The third-order valence-electron chi connectivity index (χ3n) is 18.4. The van der Waals surface area contributed by atoms with Gasteiger partial charge in [0, 0.05) is 34.1 Å². The number of benzene rings is 10. The molecule has 0 spiro atoms. The van der Waals surface area contributed by atoms with Gasteiger partial charge in [-0.3, -0.25) is 0 Å². The second-order valence-corrected chi connectivity index (χ2v) is 29.8. The Morgan fingerprint density at radius 3 is 0.763 bits per heavy atom. The van der Waals surface area contributed by atoms with Gasteiger partial charge in [-0.1, -0.05) is 185 Å². The number of aromatic hydroxyl groups is 4. The maximum atomic E-state index is 11.3. The van der Waals surface area contributed by atoms with Crippen LogP contribution in [-0.2, 0) is 41.9 Å². The third kappa shape index (κ3) is 16.3. The lowest BCUT2D eigenvalue weighted by Gasteiger charge is -2.28. The summed E-state index contributed by atoms with van der Waals surface area (Å²) in [4.78, 5) is 4.65. The van der Waals surface area contributed by atoms with Crippen LogP contribution in [0.2, 0.25) is 0 Å². The first kappa shape index (κ1) is 68.4. The van der Waals surface area contributed by atoms with E-state index in [0.29, 0.717) is 23.0 Å². The first-order chi connectivity index (χ1) is 43.7. The van der Waals surface area contributed by atoms with Crippen molar-refractivity contribution in [2.45, 2.75) is 179 Å². The SMILES string of the molecule is Cc1ccc(N(c2ccc(Cc3cc(C(C)C)c(O)c(C(C)(C)C)c3)cc2)c2ccc(Cc3cc(C(C)(C)C)c(O)c(C(C)(C)C)c3)cc2)cc1C.Cc1ccc(N(c2ccc(Cc3cc(C)c(O)c(C)c3)cc2)c2ccc(Cc3cc(C)c(O)c(C)c3)cc2)cc1C. The van der Waals surface area contributed by atoms with Crippen molar-refractivity contribution in [2.24, 2.45) is 0 Å². The van der Waals surface area contributed by atoms with Gasteiger partial charge < -0.3 is 30.2 Å². The summed E-state index contributed by atoms with van der Waals surface area (Å²) in [5.74, 6) is 1.86. The summed E-state index contributed by atoms with van der Waals surface area (Å²) in [7, 11) is 0. The molecule has 0 aromatic heterocycles. The monoisotopic (exact) mass is 1240 g/mol. The van der Waals surface area contributed by atoms with Gasteiger partial charge in [0.1, 0.15) is 23.0 Å². The van der Waals surface area contributed by atoms with Crippen molar-refractivity contribution in [3.63, 3.8) is 0 Å². The Labute approximate surface area is 557 Å². The van der Waals surface area contributed by atoms with E-state index in [1.807, 2.05) is 27.7 Å². The van der Waals surface area contributed by atoms with Crippen molar-refractivity contribution in [3.8, 4) is 23.0 Å². The van der Waals surface area contributed by atoms with E-state index in [0.717, 1.165) is 104 Å². The zero-order valence-electron chi connectivity index (χ0n) is 58.9. The second-order valence-electron chi connectivity index (χ2n) is 29.8. The lowest BCUT2D eigenvalue weighted by molar-refractivity contribution is 0.422. The lowest BCUT2D eigenvalue weighted by atomic mass is 9.78. The Kier molecular flexibility index (Phi) is 20.3. The van der Waals surface area contributed by atoms with Gasteiger partial charge in [-0.25, -0.2) is 0 Å². The Morgan fingerprint density at radius 2 is 0.505 bits per heavy atom. The Morgan fingerprint density at radius 1 is 0.258 bits per heavy atom. The van der Waals surface area contributed by atoms with Crippen molar-refractivity contribution >= 4 is 34.1 Å². The van der Waals surface area contributed by atoms with E-state index in [-0.39, 0.29) is 22.2 Å². The minimum atomic E-state index is -0.164. The topological polar surface area (TPSA) is 87.4 Å². The molecule has 0 saturated heterocycles. The van der Waals surface area contributed by atoms with E-state index < -0.39 is 0 Å². The van der Waals surface area contributed by atoms with Crippen molar-refractivity contribution in [2.75, 3.05) is 9.80 Å². The molecule has 6 nitrogen and oxygen atoms in total. The fraction of sp³-hybridized carbons (Fsp3) is 0.310. The molecule has 0 amide bonds.